The van der Waals surface area contributed by atoms with E-state index in [-0.39, 0.29) is 10.8 Å². The summed E-state index contributed by atoms with van der Waals surface area (Å²) >= 11 is 4.98. The van der Waals surface area contributed by atoms with E-state index >= 15 is 0 Å². The van der Waals surface area contributed by atoms with Crippen molar-refractivity contribution in [1.82, 2.24) is 4.98 Å². The van der Waals surface area contributed by atoms with Crippen LogP contribution in [0.3, 0.4) is 0 Å². The molecule has 0 spiro atoms. The van der Waals surface area contributed by atoms with E-state index in [1.807, 2.05) is 30.1 Å². The van der Waals surface area contributed by atoms with E-state index in [4.69, 9.17) is 18.0 Å². The van der Waals surface area contributed by atoms with Gasteiger partial charge in [0.05, 0.1) is 5.69 Å². The van der Waals surface area contributed by atoms with Crippen molar-refractivity contribution in [1.29, 1.82) is 0 Å². The Morgan fingerprint density at radius 2 is 2.16 bits per heavy atom. The number of nitrogens with zero attached hydrogens (tertiary/aromatic N) is 2. The van der Waals surface area contributed by atoms with Crippen molar-refractivity contribution in [3.63, 3.8) is 0 Å². The van der Waals surface area contributed by atoms with Gasteiger partial charge >= 0.3 is 0 Å². The second kappa shape index (κ2) is 5.75. The number of thiocarbonyl (C=S) groups is 1. The topological polar surface area (TPSA) is 42.2 Å². The van der Waals surface area contributed by atoms with Gasteiger partial charge < -0.3 is 10.6 Å². The van der Waals surface area contributed by atoms with Crippen LogP contribution in [0.2, 0.25) is 0 Å². The third kappa shape index (κ3) is 3.26. The van der Waals surface area contributed by atoms with E-state index in [2.05, 4.69) is 4.98 Å². The first-order chi connectivity index (χ1) is 9.08. The molecule has 2 rings (SSSR count). The molecular formula is C14H14FN3S. The van der Waals surface area contributed by atoms with Crippen molar-refractivity contribution in [2.24, 2.45) is 5.73 Å². The first-order valence-corrected chi connectivity index (χ1v) is 6.19. The third-order valence-electron chi connectivity index (χ3n) is 2.74. The maximum absolute atomic E-state index is 13.2. The van der Waals surface area contributed by atoms with E-state index in [1.165, 1.54) is 12.1 Å². The number of hydrogen-bond acceptors (Lipinski definition) is 3. The summed E-state index contributed by atoms with van der Waals surface area (Å²) in [7, 11) is 1.89. The minimum atomic E-state index is -0.244. The number of nitrogens with two attached hydrogens (primary N) is 1. The third-order valence-corrected chi connectivity index (χ3v) is 2.93. The molecule has 0 aliphatic carbocycles. The van der Waals surface area contributed by atoms with Gasteiger partial charge in [-0.2, -0.15) is 0 Å². The second-order valence-electron chi connectivity index (χ2n) is 4.22. The molecule has 2 N–H and O–H groups in total. The van der Waals surface area contributed by atoms with Crippen LogP contribution in [-0.4, -0.2) is 17.0 Å². The maximum Gasteiger partial charge on any atom is 0.124 e. The highest BCUT2D eigenvalue weighted by atomic mass is 32.1. The molecule has 5 heteroatoms. The molecule has 19 heavy (non-hydrogen) atoms. The summed E-state index contributed by atoms with van der Waals surface area (Å²) < 4.78 is 13.2. The fourth-order valence-corrected chi connectivity index (χ4v) is 2.05. The first-order valence-electron chi connectivity index (χ1n) is 5.78. The summed E-state index contributed by atoms with van der Waals surface area (Å²) in [6.45, 7) is 0.555. The monoisotopic (exact) mass is 275 g/mol. The van der Waals surface area contributed by atoms with Gasteiger partial charge in [0.15, 0.2) is 0 Å². The summed E-state index contributed by atoms with van der Waals surface area (Å²) in [4.78, 5) is 6.37. The quantitative estimate of drug-likeness (QED) is 0.871. The minimum Gasteiger partial charge on any atom is -0.388 e. The highest BCUT2D eigenvalue weighted by molar-refractivity contribution is 7.80. The summed E-state index contributed by atoms with van der Waals surface area (Å²) in [6.07, 6.45) is 1.65. The zero-order valence-corrected chi connectivity index (χ0v) is 11.3. The predicted molar refractivity (Wildman–Crippen MR) is 78.6 cm³/mol. The van der Waals surface area contributed by atoms with Gasteiger partial charge in [0.1, 0.15) is 16.5 Å². The molecule has 2 aromatic rings. The molecule has 0 amide bonds. The summed E-state index contributed by atoms with van der Waals surface area (Å²) in [5.74, 6) is -0.244. The molecule has 1 heterocycles. The lowest BCUT2D eigenvalue weighted by molar-refractivity contribution is 0.625. The molecule has 0 radical (unpaired) electrons. The molecule has 98 valence electrons. The van der Waals surface area contributed by atoms with Crippen molar-refractivity contribution in [3.05, 3.63) is 59.7 Å². The molecule has 3 nitrogen and oxygen atoms in total. The van der Waals surface area contributed by atoms with Gasteiger partial charge in [-0.3, -0.25) is 4.98 Å². The standard InChI is InChI=1S/C14H14FN3S/c1-18(9-10-4-2-5-11(15)8-10)12-6-3-7-17-13(12)14(16)19/h2-8H,9H2,1H3,(H2,16,19). The van der Waals surface area contributed by atoms with Gasteiger partial charge in [0.25, 0.3) is 0 Å². The SMILES string of the molecule is CN(Cc1cccc(F)c1)c1cccnc1C(N)=S. The molecule has 0 unspecified atom stereocenters. The zero-order chi connectivity index (χ0) is 13.8. The molecule has 0 bridgehead atoms. The van der Waals surface area contributed by atoms with Gasteiger partial charge in [0, 0.05) is 19.8 Å². The number of aromatic nitrogens is 1. The molecule has 0 aliphatic heterocycles. The fraction of sp³-hybridized carbons (Fsp3) is 0.143. The normalized spacial score (nSPS) is 10.2. The lowest BCUT2D eigenvalue weighted by Gasteiger charge is -2.21. The van der Waals surface area contributed by atoms with Crippen LogP contribution in [0, 0.1) is 5.82 Å². The van der Waals surface area contributed by atoms with E-state index in [9.17, 15) is 4.39 Å². The Morgan fingerprint density at radius 1 is 1.37 bits per heavy atom. The Kier molecular flexibility index (Phi) is 4.06. The minimum absolute atomic E-state index is 0.244. The Balaban J connectivity index is 2.25. The molecule has 1 aromatic heterocycles. The molecule has 0 saturated carbocycles. The zero-order valence-electron chi connectivity index (χ0n) is 10.5. The summed E-state index contributed by atoms with van der Waals surface area (Å²) in [5, 5.41) is 0. The summed E-state index contributed by atoms with van der Waals surface area (Å²) in [6, 6.07) is 10.2. The smallest absolute Gasteiger partial charge is 0.124 e. The Hall–Kier alpha value is -2.01. The average Bonchev–Trinajstić information content (AvgIpc) is 2.38. The Labute approximate surface area is 116 Å². The fourth-order valence-electron chi connectivity index (χ4n) is 1.89. The van der Waals surface area contributed by atoms with Crippen molar-refractivity contribution < 1.29 is 4.39 Å². The molecular weight excluding hydrogens is 261 g/mol. The summed E-state index contributed by atoms with van der Waals surface area (Å²) in [5.41, 5.74) is 7.94. The van der Waals surface area contributed by atoms with Crippen molar-refractivity contribution in [3.8, 4) is 0 Å². The maximum atomic E-state index is 13.2. The van der Waals surface area contributed by atoms with Crippen LogP contribution < -0.4 is 10.6 Å². The number of pyridine rings is 1. The number of anilines is 1. The Bertz CT molecular complexity index is 601. The number of hydrogen-bond donors (Lipinski definition) is 1. The van der Waals surface area contributed by atoms with Crippen LogP contribution in [0.25, 0.3) is 0 Å². The van der Waals surface area contributed by atoms with E-state index < -0.39 is 0 Å². The lowest BCUT2D eigenvalue weighted by atomic mass is 10.2. The van der Waals surface area contributed by atoms with Gasteiger partial charge in [-0.15, -0.1) is 0 Å². The van der Waals surface area contributed by atoms with Gasteiger partial charge in [-0.25, -0.2) is 4.39 Å². The van der Waals surface area contributed by atoms with Crippen molar-refractivity contribution in [2.45, 2.75) is 6.54 Å². The molecule has 0 atom stereocenters. The number of rotatable bonds is 4. The second-order valence-corrected chi connectivity index (χ2v) is 4.66. The van der Waals surface area contributed by atoms with Crippen LogP contribution in [0.1, 0.15) is 11.3 Å². The molecule has 0 fully saturated rings. The Morgan fingerprint density at radius 3 is 2.84 bits per heavy atom. The van der Waals surface area contributed by atoms with Crippen LogP contribution >= 0.6 is 12.2 Å². The predicted octanol–water partition coefficient (Wildman–Crippen LogP) is 2.49. The van der Waals surface area contributed by atoms with Crippen LogP contribution in [0.4, 0.5) is 10.1 Å². The largest absolute Gasteiger partial charge is 0.388 e. The highest BCUT2D eigenvalue weighted by Gasteiger charge is 2.11. The van der Waals surface area contributed by atoms with Crippen molar-refractivity contribution >= 4 is 22.9 Å². The van der Waals surface area contributed by atoms with Crippen molar-refractivity contribution in [2.75, 3.05) is 11.9 Å². The van der Waals surface area contributed by atoms with Gasteiger partial charge in [-0.1, -0.05) is 24.4 Å². The highest BCUT2D eigenvalue weighted by Crippen LogP contribution is 2.19. The molecule has 0 aliphatic rings. The van der Waals surface area contributed by atoms with Crippen LogP contribution in [0.15, 0.2) is 42.6 Å². The first kappa shape index (κ1) is 13.4. The van der Waals surface area contributed by atoms with E-state index in [0.29, 0.717) is 12.2 Å². The van der Waals surface area contributed by atoms with E-state index in [1.54, 1.807) is 12.3 Å². The van der Waals surface area contributed by atoms with Gasteiger partial charge in [-0.05, 0) is 29.8 Å². The van der Waals surface area contributed by atoms with E-state index in [0.717, 1.165) is 11.3 Å². The molecule has 1 aromatic carbocycles. The number of benzene rings is 1. The lowest BCUT2D eigenvalue weighted by Crippen LogP contribution is -2.22. The molecule has 0 saturated heterocycles. The average molecular weight is 275 g/mol. The van der Waals surface area contributed by atoms with Crippen LogP contribution in [0.5, 0.6) is 0 Å². The number of halogens is 1. The van der Waals surface area contributed by atoms with Crippen LogP contribution in [-0.2, 0) is 6.54 Å². The van der Waals surface area contributed by atoms with Gasteiger partial charge in [0.2, 0.25) is 0 Å².